The van der Waals surface area contributed by atoms with Crippen molar-refractivity contribution in [2.45, 2.75) is 63.8 Å². The molecule has 4 heteroatoms. The lowest BCUT2D eigenvalue weighted by Gasteiger charge is -2.40. The van der Waals surface area contributed by atoms with Crippen LogP contribution in [0.25, 0.3) is 0 Å². The summed E-state index contributed by atoms with van der Waals surface area (Å²) in [6, 6.07) is 0.375. The molecule has 4 aliphatic rings. The third-order valence-electron chi connectivity index (χ3n) is 5.91. The van der Waals surface area contributed by atoms with E-state index >= 15 is 0 Å². The molecule has 0 aromatic rings. The molecule has 1 unspecified atom stereocenters. The zero-order chi connectivity index (χ0) is 12.3. The van der Waals surface area contributed by atoms with Gasteiger partial charge in [0.2, 0.25) is 0 Å². The normalized spacial score (nSPS) is 57.7. The number of ether oxygens (including phenoxy) is 3. The molecule has 4 rings (SSSR count). The van der Waals surface area contributed by atoms with Crippen molar-refractivity contribution in [1.82, 2.24) is 0 Å². The lowest BCUT2D eigenvalue weighted by Crippen LogP contribution is -2.45. The van der Waals surface area contributed by atoms with Crippen molar-refractivity contribution in [3.8, 4) is 0 Å². The highest BCUT2D eigenvalue weighted by molar-refractivity contribution is 5.14. The predicted molar refractivity (Wildman–Crippen MR) is 65.6 cm³/mol. The van der Waals surface area contributed by atoms with E-state index in [0.717, 1.165) is 24.7 Å². The molecule has 1 saturated heterocycles. The van der Waals surface area contributed by atoms with Crippen molar-refractivity contribution >= 4 is 0 Å². The number of hydrogen-bond acceptors (Lipinski definition) is 4. The number of fused-ring (bicyclic) bond motifs is 4. The minimum absolute atomic E-state index is 0.215. The highest BCUT2D eigenvalue weighted by Gasteiger charge is 2.63. The van der Waals surface area contributed by atoms with E-state index in [-0.39, 0.29) is 12.2 Å². The molecular weight excluding hydrogens is 230 g/mol. The van der Waals surface area contributed by atoms with E-state index in [1.807, 2.05) is 6.92 Å². The van der Waals surface area contributed by atoms with Crippen LogP contribution >= 0.6 is 0 Å². The molecule has 2 bridgehead atoms. The first kappa shape index (κ1) is 11.6. The van der Waals surface area contributed by atoms with Crippen LogP contribution in [0.1, 0.15) is 39.0 Å². The first-order valence-electron chi connectivity index (χ1n) is 7.41. The second-order valence-corrected chi connectivity index (χ2v) is 6.53. The average molecular weight is 253 g/mol. The maximum atomic E-state index is 6.51. The zero-order valence-electron chi connectivity index (χ0n) is 11.0. The summed E-state index contributed by atoms with van der Waals surface area (Å²) in [6.45, 7) is 2.17. The molecule has 102 valence electrons. The van der Waals surface area contributed by atoms with Crippen molar-refractivity contribution in [2.75, 3.05) is 6.61 Å². The first-order chi connectivity index (χ1) is 8.73. The van der Waals surface area contributed by atoms with Gasteiger partial charge < -0.3 is 19.9 Å². The Morgan fingerprint density at radius 2 is 1.94 bits per heavy atom. The maximum Gasteiger partial charge on any atom is 0.272 e. The summed E-state index contributed by atoms with van der Waals surface area (Å²) in [7, 11) is 0. The van der Waals surface area contributed by atoms with Crippen LogP contribution < -0.4 is 5.73 Å². The van der Waals surface area contributed by atoms with Crippen molar-refractivity contribution < 1.29 is 14.2 Å². The smallest absolute Gasteiger partial charge is 0.272 e. The van der Waals surface area contributed by atoms with Gasteiger partial charge in [-0.15, -0.1) is 0 Å². The van der Waals surface area contributed by atoms with Crippen molar-refractivity contribution in [2.24, 2.45) is 23.0 Å². The molecule has 0 radical (unpaired) electrons. The molecule has 3 aliphatic carbocycles. The van der Waals surface area contributed by atoms with E-state index in [1.165, 1.54) is 19.3 Å². The fourth-order valence-electron chi connectivity index (χ4n) is 5.11. The second-order valence-electron chi connectivity index (χ2n) is 6.53. The van der Waals surface area contributed by atoms with Gasteiger partial charge in [0.1, 0.15) is 0 Å². The summed E-state index contributed by atoms with van der Waals surface area (Å²) in [4.78, 5) is 0. The van der Waals surface area contributed by atoms with Crippen LogP contribution in [0.4, 0.5) is 0 Å². The van der Waals surface area contributed by atoms with Crippen LogP contribution in [0, 0.1) is 17.3 Å². The molecule has 2 N–H and O–H groups in total. The van der Waals surface area contributed by atoms with Crippen molar-refractivity contribution in [3.63, 3.8) is 0 Å². The predicted octanol–water partition coefficient (Wildman–Crippen LogP) is 1.63. The average Bonchev–Trinajstić information content (AvgIpc) is 3.02. The SMILES string of the molecule is CCO[C@@H]1OC2C[C@]3(C[C@H]2O1)[C@H]1CC[C@H](C1)[C@@H]3N. The van der Waals surface area contributed by atoms with Gasteiger partial charge in [0.05, 0.1) is 12.2 Å². The van der Waals surface area contributed by atoms with Crippen LogP contribution in [-0.2, 0) is 14.2 Å². The molecule has 3 saturated carbocycles. The summed E-state index contributed by atoms with van der Waals surface area (Å²) in [6.07, 6.45) is 6.65. The minimum Gasteiger partial charge on any atom is -0.330 e. The molecule has 18 heavy (non-hydrogen) atoms. The highest BCUT2D eigenvalue weighted by Crippen LogP contribution is 2.63. The fourth-order valence-corrected chi connectivity index (χ4v) is 5.11. The third-order valence-corrected chi connectivity index (χ3v) is 5.91. The van der Waals surface area contributed by atoms with Crippen LogP contribution in [0.15, 0.2) is 0 Å². The van der Waals surface area contributed by atoms with E-state index in [0.29, 0.717) is 18.1 Å². The van der Waals surface area contributed by atoms with E-state index in [1.54, 1.807) is 0 Å². The molecule has 1 heterocycles. The van der Waals surface area contributed by atoms with Gasteiger partial charge in [0, 0.05) is 12.6 Å². The fraction of sp³-hybridized carbons (Fsp3) is 1.00. The van der Waals surface area contributed by atoms with Crippen LogP contribution in [0.2, 0.25) is 0 Å². The Morgan fingerprint density at radius 3 is 2.50 bits per heavy atom. The van der Waals surface area contributed by atoms with Crippen molar-refractivity contribution in [1.29, 1.82) is 0 Å². The Morgan fingerprint density at radius 1 is 1.22 bits per heavy atom. The van der Waals surface area contributed by atoms with Gasteiger partial charge in [-0.2, -0.15) is 0 Å². The Bertz CT molecular complexity index is 330. The highest BCUT2D eigenvalue weighted by atomic mass is 16.9. The molecule has 1 aliphatic heterocycles. The Balaban J connectivity index is 1.50. The molecule has 0 aromatic carbocycles. The maximum absolute atomic E-state index is 6.51. The third kappa shape index (κ3) is 1.40. The summed E-state index contributed by atoms with van der Waals surface area (Å²) >= 11 is 0. The van der Waals surface area contributed by atoms with Gasteiger partial charge in [-0.05, 0) is 56.3 Å². The number of hydrogen-bond donors (Lipinski definition) is 1. The van der Waals surface area contributed by atoms with Gasteiger partial charge in [-0.1, -0.05) is 0 Å². The largest absolute Gasteiger partial charge is 0.330 e. The van der Waals surface area contributed by atoms with E-state index in [9.17, 15) is 0 Å². The van der Waals surface area contributed by atoms with Gasteiger partial charge in [0.25, 0.3) is 6.48 Å². The number of nitrogens with two attached hydrogens (primary N) is 1. The molecule has 4 fully saturated rings. The van der Waals surface area contributed by atoms with Gasteiger partial charge >= 0.3 is 0 Å². The quantitative estimate of drug-likeness (QED) is 0.812. The summed E-state index contributed by atoms with van der Waals surface area (Å²) < 4.78 is 17.1. The van der Waals surface area contributed by atoms with Crippen molar-refractivity contribution in [3.05, 3.63) is 0 Å². The second kappa shape index (κ2) is 3.92. The number of rotatable bonds is 2. The molecule has 7 atom stereocenters. The molecule has 0 amide bonds. The first-order valence-corrected chi connectivity index (χ1v) is 7.41. The summed E-state index contributed by atoms with van der Waals surface area (Å²) in [5.74, 6) is 1.58. The van der Waals surface area contributed by atoms with Crippen LogP contribution in [-0.4, -0.2) is 31.3 Å². The minimum atomic E-state index is -0.433. The molecule has 4 nitrogen and oxygen atoms in total. The van der Waals surface area contributed by atoms with Gasteiger partial charge in [0.15, 0.2) is 0 Å². The van der Waals surface area contributed by atoms with Crippen LogP contribution in [0.5, 0.6) is 0 Å². The van der Waals surface area contributed by atoms with Crippen LogP contribution in [0.3, 0.4) is 0 Å². The monoisotopic (exact) mass is 253 g/mol. The topological polar surface area (TPSA) is 53.7 Å². The lowest BCUT2D eigenvalue weighted by atomic mass is 9.69. The van der Waals surface area contributed by atoms with E-state index in [2.05, 4.69) is 0 Å². The Labute approximate surface area is 108 Å². The lowest BCUT2D eigenvalue weighted by molar-refractivity contribution is -0.247. The van der Waals surface area contributed by atoms with E-state index in [4.69, 9.17) is 19.9 Å². The standard InChI is InChI=1S/C14H23NO3/c1-2-16-13-17-10-6-14(7-11(10)18-13)9-4-3-8(5-9)12(14)15/h8-13H,2-7,15H2,1H3/t8-,9+,10-,11?,12+,13+,14-/m1/s1. The molecular formula is C14H23NO3. The summed E-state index contributed by atoms with van der Waals surface area (Å²) in [5.41, 5.74) is 6.83. The Kier molecular flexibility index (Phi) is 2.54. The zero-order valence-corrected chi connectivity index (χ0v) is 11.0. The molecule has 0 aromatic heterocycles. The Hall–Kier alpha value is -0.160. The van der Waals surface area contributed by atoms with Gasteiger partial charge in [-0.25, -0.2) is 0 Å². The summed E-state index contributed by atoms with van der Waals surface area (Å²) in [5, 5.41) is 0. The van der Waals surface area contributed by atoms with Gasteiger partial charge in [-0.3, -0.25) is 0 Å². The molecule has 1 spiro atoms. The van der Waals surface area contributed by atoms with E-state index < -0.39 is 6.48 Å².